The molecule has 20 heavy (non-hydrogen) atoms. The topological polar surface area (TPSA) is 69.6 Å². The van der Waals surface area contributed by atoms with E-state index in [1.54, 1.807) is 0 Å². The molecule has 1 unspecified atom stereocenters. The molecule has 0 spiro atoms. The van der Waals surface area contributed by atoms with Gasteiger partial charge in [0.1, 0.15) is 0 Å². The lowest BCUT2D eigenvalue weighted by atomic mass is 9.82. The zero-order chi connectivity index (χ0) is 15.3. The summed E-state index contributed by atoms with van der Waals surface area (Å²) in [5.41, 5.74) is 0. The Bertz CT molecular complexity index is 377. The van der Waals surface area contributed by atoms with Crippen molar-refractivity contribution in [2.45, 2.75) is 32.7 Å². The molecule has 1 aliphatic carbocycles. The summed E-state index contributed by atoms with van der Waals surface area (Å²) >= 11 is 0. The molecule has 5 heteroatoms. The lowest BCUT2D eigenvalue weighted by Gasteiger charge is -2.30. The molecule has 0 aromatic carbocycles. The van der Waals surface area contributed by atoms with Crippen LogP contribution in [0.25, 0.3) is 0 Å². The molecule has 0 heterocycles. The van der Waals surface area contributed by atoms with Crippen molar-refractivity contribution in [3.05, 3.63) is 12.2 Å². The number of amides is 1. The number of allylic oxidation sites excluding steroid dienone is 2. The summed E-state index contributed by atoms with van der Waals surface area (Å²) in [4.78, 5) is 25.7. The van der Waals surface area contributed by atoms with Crippen molar-refractivity contribution in [2.75, 3.05) is 20.6 Å². The molecule has 2 N–H and O–H groups in total. The van der Waals surface area contributed by atoms with Crippen molar-refractivity contribution in [1.29, 1.82) is 0 Å². The minimum atomic E-state index is -0.886. The summed E-state index contributed by atoms with van der Waals surface area (Å²) in [6, 6.07) is 0.0397. The Morgan fingerprint density at radius 1 is 1.25 bits per heavy atom. The van der Waals surface area contributed by atoms with Crippen molar-refractivity contribution in [1.82, 2.24) is 10.2 Å². The lowest BCUT2D eigenvalue weighted by Crippen LogP contribution is -2.49. The molecule has 0 fully saturated rings. The van der Waals surface area contributed by atoms with Gasteiger partial charge in [-0.25, -0.2) is 0 Å². The highest BCUT2D eigenvalue weighted by Crippen LogP contribution is 2.26. The lowest BCUT2D eigenvalue weighted by molar-refractivity contribution is -0.147. The fourth-order valence-corrected chi connectivity index (χ4v) is 2.48. The van der Waals surface area contributed by atoms with E-state index in [4.69, 9.17) is 0 Å². The van der Waals surface area contributed by atoms with Crippen LogP contribution in [-0.4, -0.2) is 48.6 Å². The molecule has 1 aliphatic rings. The molecule has 114 valence electrons. The minimum Gasteiger partial charge on any atom is -0.481 e. The Morgan fingerprint density at radius 2 is 1.80 bits per heavy atom. The van der Waals surface area contributed by atoms with Crippen molar-refractivity contribution in [2.24, 2.45) is 17.8 Å². The average Bonchev–Trinajstić information content (AvgIpc) is 2.37. The molecule has 0 aromatic heterocycles. The highest BCUT2D eigenvalue weighted by atomic mass is 16.4. The summed E-state index contributed by atoms with van der Waals surface area (Å²) in [6.45, 7) is 4.87. The Morgan fingerprint density at radius 3 is 2.25 bits per heavy atom. The quantitative estimate of drug-likeness (QED) is 0.722. The van der Waals surface area contributed by atoms with Crippen LogP contribution in [-0.2, 0) is 9.59 Å². The van der Waals surface area contributed by atoms with E-state index in [-0.39, 0.29) is 11.9 Å². The minimum absolute atomic E-state index is 0.0397. The van der Waals surface area contributed by atoms with E-state index >= 15 is 0 Å². The summed E-state index contributed by atoms with van der Waals surface area (Å²) < 4.78 is 0. The van der Waals surface area contributed by atoms with Crippen LogP contribution in [0.1, 0.15) is 26.7 Å². The van der Waals surface area contributed by atoms with Crippen molar-refractivity contribution in [3.8, 4) is 0 Å². The molecule has 5 nitrogen and oxygen atoms in total. The highest BCUT2D eigenvalue weighted by Gasteiger charge is 2.35. The van der Waals surface area contributed by atoms with Gasteiger partial charge in [0.2, 0.25) is 5.91 Å². The largest absolute Gasteiger partial charge is 0.481 e. The third kappa shape index (κ3) is 4.63. The molecule has 0 radical (unpaired) electrons. The van der Waals surface area contributed by atoms with Gasteiger partial charge in [-0.2, -0.15) is 0 Å². The van der Waals surface area contributed by atoms with Crippen LogP contribution in [0.4, 0.5) is 0 Å². The van der Waals surface area contributed by atoms with Crippen LogP contribution in [0.15, 0.2) is 12.2 Å². The average molecular weight is 282 g/mol. The first-order chi connectivity index (χ1) is 9.32. The maximum atomic E-state index is 12.4. The van der Waals surface area contributed by atoms with E-state index in [9.17, 15) is 14.7 Å². The summed E-state index contributed by atoms with van der Waals surface area (Å²) in [5, 5.41) is 12.2. The van der Waals surface area contributed by atoms with Crippen LogP contribution in [0.5, 0.6) is 0 Å². The highest BCUT2D eigenvalue weighted by molar-refractivity contribution is 5.85. The van der Waals surface area contributed by atoms with Gasteiger partial charge < -0.3 is 15.3 Å². The number of likely N-dealkylation sites (N-methyl/N-ethyl adjacent to an activating group) is 1. The third-order valence-electron chi connectivity index (χ3n) is 3.78. The third-order valence-corrected chi connectivity index (χ3v) is 3.78. The second-order valence-corrected chi connectivity index (χ2v) is 6.12. The van der Waals surface area contributed by atoms with Gasteiger partial charge in [-0.1, -0.05) is 26.0 Å². The number of nitrogens with one attached hydrogen (secondary N) is 1. The van der Waals surface area contributed by atoms with E-state index in [2.05, 4.69) is 19.2 Å². The zero-order valence-electron chi connectivity index (χ0n) is 12.8. The van der Waals surface area contributed by atoms with Crippen molar-refractivity contribution < 1.29 is 14.7 Å². The zero-order valence-corrected chi connectivity index (χ0v) is 12.8. The molecular formula is C15H26N2O3. The molecule has 0 aliphatic heterocycles. The van der Waals surface area contributed by atoms with E-state index in [1.807, 2.05) is 31.1 Å². The molecule has 0 saturated carbocycles. The number of carboxylic acid groups (broad SMARTS) is 1. The van der Waals surface area contributed by atoms with Crippen LogP contribution in [0.2, 0.25) is 0 Å². The Labute approximate surface area is 121 Å². The molecule has 0 bridgehead atoms. The number of carbonyl (C=O) groups excluding carboxylic acids is 1. The number of rotatable bonds is 6. The first kappa shape index (κ1) is 16.7. The monoisotopic (exact) mass is 282 g/mol. The Balaban J connectivity index is 2.72. The van der Waals surface area contributed by atoms with Crippen molar-refractivity contribution >= 4 is 11.9 Å². The second-order valence-electron chi connectivity index (χ2n) is 6.12. The fraction of sp³-hybridized carbons (Fsp3) is 0.733. The Hall–Kier alpha value is -1.36. The normalized spacial score (nSPS) is 23.9. The van der Waals surface area contributed by atoms with E-state index < -0.39 is 17.8 Å². The molecule has 1 rings (SSSR count). The number of nitrogens with zero attached hydrogens (tertiary/aromatic N) is 1. The number of carboxylic acids is 1. The fourth-order valence-electron chi connectivity index (χ4n) is 2.48. The standard InChI is InChI=1S/C15H26N2O3/c1-10(2)13(9-17(3)4)16-14(18)11-7-5-6-8-12(11)15(19)20/h5-6,10-13H,7-9H2,1-4H3,(H,16,18)(H,19,20)/t11-,12+,13?/m1/s1. The van der Waals surface area contributed by atoms with Crippen LogP contribution in [0.3, 0.4) is 0 Å². The van der Waals surface area contributed by atoms with Gasteiger partial charge >= 0.3 is 5.97 Å². The molecular weight excluding hydrogens is 256 g/mol. The first-order valence-corrected chi connectivity index (χ1v) is 7.15. The van der Waals surface area contributed by atoms with Crippen LogP contribution < -0.4 is 5.32 Å². The number of aliphatic carboxylic acids is 1. The molecule has 3 atom stereocenters. The van der Waals surface area contributed by atoms with E-state index in [1.165, 1.54) is 0 Å². The van der Waals surface area contributed by atoms with Gasteiger partial charge in [-0.15, -0.1) is 0 Å². The second kappa shape index (κ2) is 7.43. The van der Waals surface area contributed by atoms with Gasteiger partial charge in [-0.3, -0.25) is 9.59 Å². The van der Waals surface area contributed by atoms with Gasteiger partial charge in [0.15, 0.2) is 0 Å². The van der Waals surface area contributed by atoms with Gasteiger partial charge in [0.05, 0.1) is 11.8 Å². The van der Waals surface area contributed by atoms with Gasteiger partial charge in [0, 0.05) is 12.6 Å². The first-order valence-electron chi connectivity index (χ1n) is 7.15. The maximum absolute atomic E-state index is 12.4. The SMILES string of the molecule is CC(C)C(CN(C)C)NC(=O)[C@@H]1CC=CC[C@@H]1C(=O)O. The molecule has 0 aromatic rings. The summed E-state index contributed by atoms with van der Waals surface area (Å²) in [5.74, 6) is -1.78. The summed E-state index contributed by atoms with van der Waals surface area (Å²) in [7, 11) is 3.93. The maximum Gasteiger partial charge on any atom is 0.307 e. The smallest absolute Gasteiger partial charge is 0.307 e. The Kier molecular flexibility index (Phi) is 6.20. The van der Waals surface area contributed by atoms with Gasteiger partial charge in [0.25, 0.3) is 0 Å². The number of hydrogen-bond donors (Lipinski definition) is 2. The summed E-state index contributed by atoms with van der Waals surface area (Å²) in [6.07, 6.45) is 4.70. The van der Waals surface area contributed by atoms with Gasteiger partial charge in [-0.05, 0) is 32.9 Å². The van der Waals surface area contributed by atoms with Crippen molar-refractivity contribution in [3.63, 3.8) is 0 Å². The van der Waals surface area contributed by atoms with E-state index in [0.717, 1.165) is 6.54 Å². The molecule has 1 amide bonds. The number of hydrogen-bond acceptors (Lipinski definition) is 3. The van der Waals surface area contributed by atoms with Crippen LogP contribution >= 0.6 is 0 Å². The number of carbonyl (C=O) groups is 2. The van der Waals surface area contributed by atoms with E-state index in [0.29, 0.717) is 18.8 Å². The predicted octanol–water partition coefficient (Wildman–Crippen LogP) is 1.36. The predicted molar refractivity (Wildman–Crippen MR) is 78.3 cm³/mol. The van der Waals surface area contributed by atoms with Crippen LogP contribution in [0, 0.1) is 17.8 Å². The molecule has 0 saturated heterocycles.